The summed E-state index contributed by atoms with van der Waals surface area (Å²) >= 11 is 0. The van der Waals surface area contributed by atoms with Gasteiger partial charge in [0.05, 0.1) is 14.5 Å². The number of pyridine rings is 1. The molecule has 1 aromatic heterocycles. The fourth-order valence-electron chi connectivity index (χ4n) is 1.38. The van der Waals surface area contributed by atoms with Crippen molar-refractivity contribution in [1.29, 1.82) is 0 Å². The van der Waals surface area contributed by atoms with Crippen LogP contribution in [0.4, 0.5) is 0 Å². The van der Waals surface area contributed by atoms with Crippen molar-refractivity contribution in [2.24, 2.45) is 0 Å². The van der Waals surface area contributed by atoms with Crippen LogP contribution >= 0.6 is 0 Å². The summed E-state index contributed by atoms with van der Waals surface area (Å²) in [5.74, 6) is 0.429. The van der Waals surface area contributed by atoms with Gasteiger partial charge in [-0.05, 0) is 12.5 Å². The molecule has 2 radical (unpaired) electrons. The van der Waals surface area contributed by atoms with Crippen molar-refractivity contribution >= 4 is 7.85 Å². The van der Waals surface area contributed by atoms with E-state index in [4.69, 9.17) is 12.6 Å². The van der Waals surface area contributed by atoms with E-state index >= 15 is 0 Å². The molecule has 0 saturated heterocycles. The fraction of sp³-hybridized carbons (Fsp3) is 0.375. The second kappa shape index (κ2) is 2.70. The van der Waals surface area contributed by atoms with E-state index in [2.05, 4.69) is 0 Å². The van der Waals surface area contributed by atoms with Crippen LogP contribution in [0.1, 0.15) is 17.9 Å². The van der Waals surface area contributed by atoms with Crippen LogP contribution in [0.5, 0.6) is 5.75 Å². The first-order valence-electron chi connectivity index (χ1n) is 3.89. The molecule has 0 aromatic carbocycles. The van der Waals surface area contributed by atoms with Gasteiger partial charge >= 0.3 is 0 Å². The molecule has 3 nitrogen and oxygen atoms in total. The zero-order valence-corrected chi connectivity index (χ0v) is 6.56. The molecule has 4 heteroatoms. The average molecular weight is 161 g/mol. The van der Waals surface area contributed by atoms with Crippen LogP contribution in [-0.2, 0) is 0 Å². The predicted octanol–water partition coefficient (Wildman–Crippen LogP) is 0.312. The summed E-state index contributed by atoms with van der Waals surface area (Å²) in [7, 11) is 5.75. The topological polar surface area (TPSA) is 36.2 Å². The van der Waals surface area contributed by atoms with E-state index in [0.717, 1.165) is 4.73 Å². The third kappa shape index (κ3) is 1.03. The Morgan fingerprint density at radius 1 is 1.67 bits per heavy atom. The summed E-state index contributed by atoms with van der Waals surface area (Å²) in [6.07, 6.45) is 2.15. The molecule has 1 unspecified atom stereocenters. The summed E-state index contributed by atoms with van der Waals surface area (Å²) < 4.78 is 6.05. The van der Waals surface area contributed by atoms with Crippen molar-refractivity contribution in [3.05, 3.63) is 29.2 Å². The summed E-state index contributed by atoms with van der Waals surface area (Å²) in [6, 6.07) is 3.42. The van der Waals surface area contributed by atoms with Gasteiger partial charge in [-0.3, -0.25) is 0 Å². The van der Waals surface area contributed by atoms with Gasteiger partial charge in [0.2, 0.25) is 5.69 Å². The van der Waals surface area contributed by atoms with Gasteiger partial charge in [0, 0.05) is 11.9 Å². The van der Waals surface area contributed by atoms with Crippen LogP contribution in [-0.4, -0.2) is 14.5 Å². The third-order valence-electron chi connectivity index (χ3n) is 2.00. The Morgan fingerprint density at radius 3 is 3.25 bits per heavy atom. The summed E-state index contributed by atoms with van der Waals surface area (Å²) in [5.41, 5.74) is 0.545. The lowest BCUT2D eigenvalue weighted by Gasteiger charge is -2.20. The molecule has 2 heterocycles. The van der Waals surface area contributed by atoms with Crippen LogP contribution in [0, 0.1) is 5.21 Å². The fourth-order valence-corrected chi connectivity index (χ4v) is 1.38. The Kier molecular flexibility index (Phi) is 1.68. The number of hydrogen-bond acceptors (Lipinski definition) is 2. The Labute approximate surface area is 72.0 Å². The Balaban J connectivity index is 2.53. The van der Waals surface area contributed by atoms with E-state index in [1.165, 1.54) is 6.20 Å². The largest absolute Gasteiger partial charge is 0.618 e. The van der Waals surface area contributed by atoms with E-state index in [0.29, 0.717) is 24.5 Å². The molecule has 60 valence electrons. The van der Waals surface area contributed by atoms with E-state index in [1.807, 2.05) is 0 Å². The molecule has 0 amide bonds. The Bertz CT molecular complexity index is 303. The van der Waals surface area contributed by atoms with E-state index < -0.39 is 0 Å². The molecule has 0 bridgehead atoms. The first-order valence-corrected chi connectivity index (χ1v) is 3.89. The van der Waals surface area contributed by atoms with Crippen molar-refractivity contribution < 1.29 is 9.47 Å². The number of hydrogen-bond donors (Lipinski definition) is 0. The second-order valence-electron chi connectivity index (χ2n) is 2.83. The highest BCUT2D eigenvalue weighted by Crippen LogP contribution is 2.27. The van der Waals surface area contributed by atoms with Crippen molar-refractivity contribution in [1.82, 2.24) is 0 Å². The van der Waals surface area contributed by atoms with Crippen molar-refractivity contribution in [2.45, 2.75) is 12.2 Å². The number of rotatable bonds is 0. The molecule has 1 atom stereocenters. The maximum Gasteiger partial charge on any atom is 0.229 e. The first-order chi connectivity index (χ1) is 5.79. The lowest BCUT2D eigenvalue weighted by molar-refractivity contribution is -0.615. The minimum atomic E-state index is -0.188. The standard InChI is InChI=1S/C8H8BNO2/c9-6-3-5-12-7-2-1-4-10(11)8(6)7/h1-2,4,6H,3,5H2. The smallest absolute Gasteiger partial charge is 0.229 e. The minimum Gasteiger partial charge on any atom is -0.618 e. The molecular formula is C8H8BNO2. The molecule has 1 aromatic rings. The van der Waals surface area contributed by atoms with Crippen LogP contribution in [0.15, 0.2) is 18.3 Å². The normalized spacial score (nSPS) is 21.2. The molecule has 12 heavy (non-hydrogen) atoms. The van der Waals surface area contributed by atoms with Crippen LogP contribution < -0.4 is 9.47 Å². The van der Waals surface area contributed by atoms with Crippen molar-refractivity contribution in [2.75, 3.05) is 6.61 Å². The lowest BCUT2D eigenvalue weighted by Crippen LogP contribution is -2.36. The van der Waals surface area contributed by atoms with E-state index in [9.17, 15) is 5.21 Å². The minimum absolute atomic E-state index is 0.188. The highest BCUT2D eigenvalue weighted by molar-refractivity contribution is 6.12. The number of aromatic nitrogens is 1. The van der Waals surface area contributed by atoms with Gasteiger partial charge in [-0.2, -0.15) is 4.73 Å². The zero-order valence-electron chi connectivity index (χ0n) is 6.56. The summed E-state index contributed by atoms with van der Waals surface area (Å²) in [4.78, 5) is 0. The van der Waals surface area contributed by atoms with Gasteiger partial charge in [0.15, 0.2) is 11.9 Å². The first kappa shape index (κ1) is 7.46. The Hall–Kier alpha value is -1.19. The molecule has 1 aliphatic heterocycles. The summed E-state index contributed by atoms with van der Waals surface area (Å²) in [5, 5.41) is 11.2. The van der Waals surface area contributed by atoms with Gasteiger partial charge in [-0.15, -0.1) is 0 Å². The van der Waals surface area contributed by atoms with E-state index in [1.54, 1.807) is 12.1 Å². The molecule has 0 aliphatic carbocycles. The quantitative estimate of drug-likeness (QED) is 0.312. The predicted molar refractivity (Wildman–Crippen MR) is 44.0 cm³/mol. The highest BCUT2D eigenvalue weighted by Gasteiger charge is 2.24. The maximum absolute atomic E-state index is 11.2. The van der Waals surface area contributed by atoms with Crippen LogP contribution in [0.2, 0.25) is 0 Å². The average Bonchev–Trinajstić information content (AvgIpc) is 2.04. The number of ether oxygens (including phenoxy) is 1. The zero-order chi connectivity index (χ0) is 8.55. The Morgan fingerprint density at radius 2 is 2.50 bits per heavy atom. The third-order valence-corrected chi connectivity index (χ3v) is 2.00. The molecule has 0 saturated carbocycles. The molecule has 0 N–H and O–H groups in total. The number of nitrogens with zero attached hydrogens (tertiary/aromatic N) is 1. The van der Waals surface area contributed by atoms with Crippen molar-refractivity contribution in [3.63, 3.8) is 0 Å². The van der Waals surface area contributed by atoms with Crippen LogP contribution in [0.3, 0.4) is 0 Å². The van der Waals surface area contributed by atoms with E-state index in [-0.39, 0.29) is 5.82 Å². The molecule has 0 fully saturated rings. The highest BCUT2D eigenvalue weighted by atomic mass is 16.5. The maximum atomic E-state index is 11.2. The molecule has 1 aliphatic rings. The lowest BCUT2D eigenvalue weighted by atomic mass is 9.80. The van der Waals surface area contributed by atoms with Crippen LogP contribution in [0.25, 0.3) is 0 Å². The molecule has 2 rings (SSSR count). The molecular weight excluding hydrogens is 153 g/mol. The van der Waals surface area contributed by atoms with Gasteiger partial charge in [0.25, 0.3) is 0 Å². The summed E-state index contributed by atoms with van der Waals surface area (Å²) in [6.45, 7) is 0.595. The number of fused-ring (bicyclic) bond motifs is 1. The van der Waals surface area contributed by atoms with Gasteiger partial charge < -0.3 is 9.94 Å². The van der Waals surface area contributed by atoms with Crippen molar-refractivity contribution in [3.8, 4) is 5.75 Å². The molecule has 0 spiro atoms. The van der Waals surface area contributed by atoms with Gasteiger partial charge in [-0.1, -0.05) is 0 Å². The SMILES string of the molecule is [B]C1CCOc2ccc[n+]([O-])c21. The second-order valence-corrected chi connectivity index (χ2v) is 2.83. The monoisotopic (exact) mass is 161 g/mol. The van der Waals surface area contributed by atoms with Gasteiger partial charge in [0.1, 0.15) is 0 Å². The van der Waals surface area contributed by atoms with Gasteiger partial charge in [-0.25, -0.2) is 0 Å².